The van der Waals surface area contributed by atoms with Gasteiger partial charge in [-0.3, -0.25) is 9.59 Å². The van der Waals surface area contributed by atoms with Crippen LogP contribution in [0, 0.1) is 18.7 Å². The molecule has 0 aliphatic heterocycles. The summed E-state index contributed by atoms with van der Waals surface area (Å²) in [6, 6.07) is 15.1. The molecule has 0 radical (unpaired) electrons. The fourth-order valence-corrected chi connectivity index (χ4v) is 6.43. The highest BCUT2D eigenvalue weighted by atomic mass is 32.2. The topological polar surface area (TPSA) is 117 Å². The van der Waals surface area contributed by atoms with Crippen LogP contribution in [0.5, 0.6) is 0 Å². The summed E-state index contributed by atoms with van der Waals surface area (Å²) in [4.78, 5) is 29.9. The summed E-state index contributed by atoms with van der Waals surface area (Å²) in [5.74, 6) is -1.03. The van der Waals surface area contributed by atoms with Gasteiger partial charge in [0.05, 0.1) is 11.1 Å². The summed E-state index contributed by atoms with van der Waals surface area (Å²) in [6.45, 7) is 1.71. The van der Waals surface area contributed by atoms with Gasteiger partial charge < -0.3 is 10.6 Å². The van der Waals surface area contributed by atoms with E-state index in [-0.39, 0.29) is 22.5 Å². The molecule has 2 bridgehead atoms. The average molecular weight is 523 g/mol. The third kappa shape index (κ3) is 5.40. The fourth-order valence-electron chi connectivity index (χ4n) is 4.91. The zero-order valence-electron chi connectivity index (χ0n) is 20.2. The third-order valence-electron chi connectivity index (χ3n) is 7.02. The minimum absolute atomic E-state index is 0.0192. The molecule has 192 valence electrons. The molecule has 2 amide bonds. The Morgan fingerprint density at radius 2 is 1.81 bits per heavy atom. The zero-order chi connectivity index (χ0) is 26.2. The van der Waals surface area contributed by atoms with Crippen molar-refractivity contribution in [2.75, 3.05) is 5.32 Å². The Labute approximate surface area is 214 Å². The first-order valence-corrected chi connectivity index (χ1v) is 13.5. The van der Waals surface area contributed by atoms with Crippen LogP contribution < -0.4 is 15.4 Å². The first-order valence-electron chi connectivity index (χ1n) is 12.0. The minimum Gasteiger partial charge on any atom is -0.339 e. The van der Waals surface area contributed by atoms with E-state index in [1.807, 2.05) is 30.3 Å². The number of pyridine rings is 1. The number of halogens is 1. The molecule has 3 fully saturated rings. The molecule has 3 saturated carbocycles. The molecule has 10 heteroatoms. The summed E-state index contributed by atoms with van der Waals surface area (Å²) in [5, 5.41) is 5.48. The second kappa shape index (κ2) is 9.68. The summed E-state index contributed by atoms with van der Waals surface area (Å²) in [7, 11) is -3.67. The summed E-state index contributed by atoms with van der Waals surface area (Å²) in [6.07, 6.45) is 3.81. The second-order valence-electron chi connectivity index (χ2n) is 9.91. The van der Waals surface area contributed by atoms with Crippen molar-refractivity contribution >= 4 is 27.5 Å². The number of nitrogens with one attached hydrogen (secondary N) is 3. The molecule has 1 atom stereocenters. The highest BCUT2D eigenvalue weighted by Gasteiger charge is 2.58. The molecule has 6 rings (SSSR count). The lowest BCUT2D eigenvalue weighted by Gasteiger charge is -2.61. The number of benzene rings is 2. The predicted octanol–water partition coefficient (Wildman–Crippen LogP) is 3.34. The smallest absolute Gasteiger partial charge is 0.270 e. The standard InChI is InChI=1S/C27H27FN4O4S/c1-17-11-21(37(35,36)32-27-13-19(14-27)15-27)8-10-22(17)30-26(34)24(12-18-5-3-2-4-6-18)31-25(33)23-9-7-20(28)16-29-23/h2-11,16,19,24,32H,12-15H2,1H3,(H,30,34)(H,31,33)/t19?,24-,27?/m0/s1. The molecular formula is C27H27FN4O4S. The van der Waals surface area contributed by atoms with Crippen molar-refractivity contribution in [3.05, 3.63) is 89.5 Å². The van der Waals surface area contributed by atoms with Crippen LogP contribution in [0.1, 0.15) is 40.9 Å². The van der Waals surface area contributed by atoms with E-state index in [4.69, 9.17) is 0 Å². The maximum absolute atomic E-state index is 13.3. The lowest BCUT2D eigenvalue weighted by Crippen LogP contribution is -2.67. The van der Waals surface area contributed by atoms with E-state index in [1.165, 1.54) is 18.2 Å². The molecule has 0 spiro atoms. The van der Waals surface area contributed by atoms with Crippen LogP contribution in [-0.2, 0) is 21.2 Å². The predicted molar refractivity (Wildman–Crippen MR) is 136 cm³/mol. The van der Waals surface area contributed by atoms with Crippen molar-refractivity contribution in [3.63, 3.8) is 0 Å². The first-order chi connectivity index (χ1) is 17.6. The van der Waals surface area contributed by atoms with Crippen molar-refractivity contribution in [1.82, 2.24) is 15.0 Å². The van der Waals surface area contributed by atoms with Crippen molar-refractivity contribution in [2.24, 2.45) is 5.92 Å². The number of hydrogen-bond acceptors (Lipinski definition) is 5. The molecule has 3 N–H and O–H groups in total. The van der Waals surface area contributed by atoms with Gasteiger partial charge in [-0.15, -0.1) is 0 Å². The van der Waals surface area contributed by atoms with Crippen LogP contribution in [0.4, 0.5) is 10.1 Å². The van der Waals surface area contributed by atoms with Gasteiger partial charge in [-0.05, 0) is 73.6 Å². The SMILES string of the molecule is Cc1cc(S(=O)(=O)NC23CC(C2)C3)ccc1NC(=O)[C@H](Cc1ccccc1)NC(=O)c1ccc(F)cn1. The van der Waals surface area contributed by atoms with Crippen LogP contribution >= 0.6 is 0 Å². The number of rotatable bonds is 9. The van der Waals surface area contributed by atoms with E-state index in [1.54, 1.807) is 13.0 Å². The van der Waals surface area contributed by atoms with Crippen LogP contribution in [0.2, 0.25) is 0 Å². The van der Waals surface area contributed by atoms with Gasteiger partial charge in [0.1, 0.15) is 17.6 Å². The van der Waals surface area contributed by atoms with Gasteiger partial charge in [0.25, 0.3) is 5.91 Å². The molecular weight excluding hydrogens is 495 g/mol. The Morgan fingerprint density at radius 3 is 2.41 bits per heavy atom. The van der Waals surface area contributed by atoms with Gasteiger partial charge in [0.15, 0.2) is 0 Å². The highest BCUT2D eigenvalue weighted by Crippen LogP contribution is 2.57. The quantitative estimate of drug-likeness (QED) is 0.399. The molecule has 0 saturated heterocycles. The normalized spacial score (nSPS) is 20.8. The van der Waals surface area contributed by atoms with Crippen LogP contribution in [0.3, 0.4) is 0 Å². The number of carbonyl (C=O) groups is 2. The summed E-state index contributed by atoms with van der Waals surface area (Å²) in [5.41, 5.74) is 1.52. The van der Waals surface area contributed by atoms with Gasteiger partial charge in [0.2, 0.25) is 15.9 Å². The molecule has 0 unspecified atom stereocenters. The Kier molecular flexibility index (Phi) is 6.55. The number of aryl methyl sites for hydroxylation is 1. The number of sulfonamides is 1. The van der Waals surface area contributed by atoms with E-state index in [2.05, 4.69) is 20.3 Å². The number of carbonyl (C=O) groups excluding carboxylic acids is 2. The highest BCUT2D eigenvalue weighted by molar-refractivity contribution is 7.89. The van der Waals surface area contributed by atoms with E-state index >= 15 is 0 Å². The molecule has 8 nitrogen and oxygen atoms in total. The minimum atomic E-state index is -3.67. The average Bonchev–Trinajstić information content (AvgIpc) is 2.82. The van der Waals surface area contributed by atoms with Crippen molar-refractivity contribution in [3.8, 4) is 0 Å². The van der Waals surface area contributed by atoms with Gasteiger partial charge in [0, 0.05) is 17.6 Å². The molecule has 3 aromatic rings. The maximum Gasteiger partial charge on any atom is 0.270 e. The number of nitrogens with zero attached hydrogens (tertiary/aromatic N) is 1. The molecule has 3 aliphatic carbocycles. The molecule has 37 heavy (non-hydrogen) atoms. The van der Waals surface area contributed by atoms with Crippen LogP contribution in [-0.4, -0.2) is 36.8 Å². The van der Waals surface area contributed by atoms with Crippen molar-refractivity contribution < 1.29 is 22.4 Å². The van der Waals surface area contributed by atoms with E-state index < -0.39 is 33.7 Å². The second-order valence-corrected chi connectivity index (χ2v) is 11.6. The summed E-state index contributed by atoms with van der Waals surface area (Å²) < 4.78 is 41.8. The zero-order valence-corrected chi connectivity index (χ0v) is 21.0. The van der Waals surface area contributed by atoms with E-state index in [9.17, 15) is 22.4 Å². The molecule has 3 aliphatic rings. The lowest BCUT2D eigenvalue weighted by atomic mass is 9.50. The van der Waals surface area contributed by atoms with Crippen LogP contribution in [0.15, 0.2) is 71.8 Å². The Hall–Kier alpha value is -3.63. The fraction of sp³-hybridized carbons (Fsp3) is 0.296. The van der Waals surface area contributed by atoms with Gasteiger partial charge >= 0.3 is 0 Å². The Morgan fingerprint density at radius 1 is 1.08 bits per heavy atom. The number of amides is 2. The number of aromatic nitrogens is 1. The lowest BCUT2D eigenvalue weighted by molar-refractivity contribution is -0.118. The number of hydrogen-bond donors (Lipinski definition) is 3. The molecule has 1 heterocycles. The van der Waals surface area contributed by atoms with Gasteiger partial charge in [-0.25, -0.2) is 22.5 Å². The summed E-state index contributed by atoms with van der Waals surface area (Å²) >= 11 is 0. The maximum atomic E-state index is 13.3. The van der Waals surface area contributed by atoms with Crippen LogP contribution in [0.25, 0.3) is 0 Å². The van der Waals surface area contributed by atoms with Crippen molar-refractivity contribution in [1.29, 1.82) is 0 Å². The Bertz CT molecular complexity index is 1430. The van der Waals surface area contributed by atoms with Crippen molar-refractivity contribution in [2.45, 2.75) is 49.1 Å². The largest absolute Gasteiger partial charge is 0.339 e. The monoisotopic (exact) mass is 522 g/mol. The van der Waals surface area contributed by atoms with Gasteiger partial charge in [-0.2, -0.15) is 0 Å². The Balaban J connectivity index is 1.32. The van der Waals surface area contributed by atoms with E-state index in [0.29, 0.717) is 17.2 Å². The van der Waals surface area contributed by atoms with Gasteiger partial charge in [-0.1, -0.05) is 30.3 Å². The third-order valence-corrected chi connectivity index (χ3v) is 8.60. The molecule has 1 aromatic heterocycles. The van der Waals surface area contributed by atoms with E-state index in [0.717, 1.165) is 37.1 Å². The molecule has 2 aromatic carbocycles. The first kappa shape index (κ1) is 25.0. The number of anilines is 1.